The summed E-state index contributed by atoms with van der Waals surface area (Å²) in [4.78, 5) is 23.3. The van der Waals surface area contributed by atoms with Crippen molar-refractivity contribution in [1.29, 1.82) is 0 Å². The third-order valence-corrected chi connectivity index (χ3v) is 2.76. The smallest absolute Gasteiger partial charge is 0.333 e. The Hall–Kier alpha value is -2.10. The highest BCUT2D eigenvalue weighted by molar-refractivity contribution is 5.94. The summed E-state index contributed by atoms with van der Waals surface area (Å²) in [5, 5.41) is 2.77. The number of esters is 1. The number of nitrogens with one attached hydrogen (secondary N) is 1. The summed E-state index contributed by atoms with van der Waals surface area (Å²) in [5.41, 5.74) is 3.09. The highest BCUT2D eigenvalue weighted by Crippen LogP contribution is 2.09. The van der Waals surface area contributed by atoms with Crippen LogP contribution < -0.4 is 5.32 Å². The molecule has 0 atom stereocenters. The number of ether oxygens (including phenoxy) is 1. The zero-order valence-corrected chi connectivity index (χ0v) is 12.3. The van der Waals surface area contributed by atoms with E-state index >= 15 is 0 Å². The molecule has 108 valence electrons. The van der Waals surface area contributed by atoms with Crippen LogP contribution in [0.5, 0.6) is 0 Å². The van der Waals surface area contributed by atoms with Crippen molar-refractivity contribution < 1.29 is 14.3 Å². The highest BCUT2D eigenvalue weighted by atomic mass is 16.5. The molecular weight excluding hydrogens is 254 g/mol. The molecule has 20 heavy (non-hydrogen) atoms. The van der Waals surface area contributed by atoms with E-state index < -0.39 is 5.97 Å². The van der Waals surface area contributed by atoms with Crippen LogP contribution in [0, 0.1) is 13.8 Å². The molecule has 4 nitrogen and oxygen atoms in total. The van der Waals surface area contributed by atoms with Crippen molar-refractivity contribution in [3.63, 3.8) is 0 Å². The standard InChI is InChI=1S/C16H21NO3/c1-5-20-16(19)13(4)6-7-17-15(18)14-9-11(2)8-12(3)10-14/h8-10H,4-7H2,1-3H3,(H,17,18). The lowest BCUT2D eigenvalue weighted by Gasteiger charge is -2.08. The number of carbonyl (C=O) groups is 2. The number of carbonyl (C=O) groups excluding carboxylic acids is 2. The largest absolute Gasteiger partial charge is 0.463 e. The van der Waals surface area contributed by atoms with Gasteiger partial charge in [-0.1, -0.05) is 23.8 Å². The molecule has 0 saturated carbocycles. The lowest BCUT2D eigenvalue weighted by atomic mass is 10.1. The number of hydrogen-bond donors (Lipinski definition) is 1. The summed E-state index contributed by atoms with van der Waals surface area (Å²) < 4.78 is 4.83. The average Bonchev–Trinajstić information content (AvgIpc) is 2.37. The van der Waals surface area contributed by atoms with Crippen LogP contribution >= 0.6 is 0 Å². The number of amides is 1. The molecule has 0 aliphatic carbocycles. The Balaban J connectivity index is 2.48. The fourth-order valence-electron chi connectivity index (χ4n) is 1.87. The first kappa shape index (κ1) is 16.0. The van der Waals surface area contributed by atoms with Gasteiger partial charge in [-0.25, -0.2) is 4.79 Å². The minimum Gasteiger partial charge on any atom is -0.463 e. The third kappa shape index (κ3) is 4.88. The van der Waals surface area contributed by atoms with Crippen LogP contribution in [0.25, 0.3) is 0 Å². The predicted octanol–water partition coefficient (Wildman–Crippen LogP) is 2.54. The summed E-state index contributed by atoms with van der Waals surface area (Å²) in [6, 6.07) is 5.68. The van der Waals surface area contributed by atoms with Gasteiger partial charge in [-0.3, -0.25) is 4.79 Å². The van der Waals surface area contributed by atoms with E-state index in [0.717, 1.165) is 11.1 Å². The van der Waals surface area contributed by atoms with Gasteiger partial charge in [-0.15, -0.1) is 0 Å². The Labute approximate surface area is 119 Å². The normalized spacial score (nSPS) is 9.95. The van der Waals surface area contributed by atoms with Crippen LogP contribution in [-0.2, 0) is 9.53 Å². The van der Waals surface area contributed by atoms with Crippen molar-refractivity contribution >= 4 is 11.9 Å². The van der Waals surface area contributed by atoms with Crippen LogP contribution in [0.15, 0.2) is 30.4 Å². The maximum Gasteiger partial charge on any atom is 0.333 e. The maximum absolute atomic E-state index is 12.0. The first-order valence-electron chi connectivity index (χ1n) is 6.65. The van der Waals surface area contributed by atoms with E-state index in [4.69, 9.17) is 4.74 Å². The molecule has 0 saturated heterocycles. The fraction of sp³-hybridized carbons (Fsp3) is 0.375. The summed E-state index contributed by atoms with van der Waals surface area (Å²) in [5.74, 6) is -0.554. The first-order chi connectivity index (χ1) is 9.43. The molecule has 0 radical (unpaired) electrons. The number of benzene rings is 1. The van der Waals surface area contributed by atoms with Crippen molar-refractivity contribution in [1.82, 2.24) is 5.32 Å². The van der Waals surface area contributed by atoms with Crippen molar-refractivity contribution in [3.05, 3.63) is 47.0 Å². The van der Waals surface area contributed by atoms with E-state index in [-0.39, 0.29) is 5.91 Å². The van der Waals surface area contributed by atoms with Crippen molar-refractivity contribution in [3.8, 4) is 0 Å². The Morgan fingerprint density at radius 2 is 1.80 bits per heavy atom. The van der Waals surface area contributed by atoms with Crippen LogP contribution in [0.1, 0.15) is 34.8 Å². The quantitative estimate of drug-likeness (QED) is 0.641. The Kier molecular flexibility index (Phi) is 5.97. The van der Waals surface area contributed by atoms with E-state index in [1.54, 1.807) is 6.92 Å². The molecule has 1 aromatic rings. The molecule has 0 aliphatic rings. The Bertz CT molecular complexity index is 500. The van der Waals surface area contributed by atoms with Gasteiger partial charge in [0, 0.05) is 17.7 Å². The summed E-state index contributed by atoms with van der Waals surface area (Å²) in [7, 11) is 0. The van der Waals surface area contributed by atoms with Gasteiger partial charge < -0.3 is 10.1 Å². The van der Waals surface area contributed by atoms with Gasteiger partial charge in [0.1, 0.15) is 0 Å². The van der Waals surface area contributed by atoms with E-state index in [1.807, 2.05) is 32.0 Å². The minimum absolute atomic E-state index is 0.145. The van der Waals surface area contributed by atoms with Gasteiger partial charge in [-0.05, 0) is 39.3 Å². The molecule has 0 spiro atoms. The van der Waals surface area contributed by atoms with Crippen LogP contribution in [0.4, 0.5) is 0 Å². The molecule has 0 fully saturated rings. The second-order valence-corrected chi connectivity index (χ2v) is 4.71. The molecule has 0 aliphatic heterocycles. The Morgan fingerprint density at radius 1 is 1.20 bits per heavy atom. The topological polar surface area (TPSA) is 55.4 Å². The number of hydrogen-bond acceptors (Lipinski definition) is 3. The van der Waals surface area contributed by atoms with E-state index in [9.17, 15) is 9.59 Å². The zero-order valence-electron chi connectivity index (χ0n) is 12.3. The van der Waals surface area contributed by atoms with Gasteiger partial charge in [-0.2, -0.15) is 0 Å². The molecule has 1 N–H and O–H groups in total. The summed E-state index contributed by atoms with van der Waals surface area (Å²) >= 11 is 0. The lowest BCUT2D eigenvalue weighted by molar-refractivity contribution is -0.138. The minimum atomic E-state index is -0.409. The molecule has 1 amide bonds. The first-order valence-corrected chi connectivity index (χ1v) is 6.65. The van der Waals surface area contributed by atoms with E-state index in [2.05, 4.69) is 11.9 Å². The molecule has 1 rings (SSSR count). The monoisotopic (exact) mass is 275 g/mol. The maximum atomic E-state index is 12.0. The molecule has 1 aromatic carbocycles. The van der Waals surface area contributed by atoms with Crippen molar-refractivity contribution in [2.45, 2.75) is 27.2 Å². The molecule has 0 unspecified atom stereocenters. The second-order valence-electron chi connectivity index (χ2n) is 4.71. The Morgan fingerprint density at radius 3 is 2.35 bits per heavy atom. The van der Waals surface area contributed by atoms with Crippen molar-refractivity contribution in [2.75, 3.05) is 13.2 Å². The van der Waals surface area contributed by atoms with Gasteiger partial charge in [0.25, 0.3) is 5.91 Å². The predicted molar refractivity (Wildman–Crippen MR) is 78.6 cm³/mol. The van der Waals surface area contributed by atoms with Crippen molar-refractivity contribution in [2.24, 2.45) is 0 Å². The van der Waals surface area contributed by atoms with E-state index in [1.165, 1.54) is 0 Å². The number of aryl methyl sites for hydroxylation is 2. The number of rotatable bonds is 6. The van der Waals surface area contributed by atoms with E-state index in [0.29, 0.717) is 30.7 Å². The summed E-state index contributed by atoms with van der Waals surface area (Å²) in [6.45, 7) is 9.98. The van der Waals surface area contributed by atoms with Crippen LogP contribution in [0.3, 0.4) is 0 Å². The van der Waals surface area contributed by atoms with Gasteiger partial charge in [0.15, 0.2) is 0 Å². The highest BCUT2D eigenvalue weighted by Gasteiger charge is 2.09. The molecule has 0 aromatic heterocycles. The molecule has 0 heterocycles. The molecule has 4 heteroatoms. The lowest BCUT2D eigenvalue weighted by Crippen LogP contribution is -2.25. The van der Waals surface area contributed by atoms with Crippen LogP contribution in [-0.4, -0.2) is 25.0 Å². The molecular formula is C16H21NO3. The average molecular weight is 275 g/mol. The van der Waals surface area contributed by atoms with Gasteiger partial charge >= 0.3 is 5.97 Å². The fourth-order valence-corrected chi connectivity index (χ4v) is 1.87. The SMILES string of the molecule is C=C(CCNC(=O)c1cc(C)cc(C)c1)C(=O)OCC. The van der Waals surface area contributed by atoms with Gasteiger partial charge in [0.2, 0.25) is 0 Å². The second kappa shape index (κ2) is 7.48. The third-order valence-electron chi connectivity index (χ3n) is 2.76. The summed E-state index contributed by atoms with van der Waals surface area (Å²) in [6.07, 6.45) is 0.384. The zero-order chi connectivity index (χ0) is 15.1. The molecule has 0 bridgehead atoms. The van der Waals surface area contributed by atoms with Crippen LogP contribution in [0.2, 0.25) is 0 Å². The van der Waals surface area contributed by atoms with Gasteiger partial charge in [0.05, 0.1) is 6.61 Å².